The van der Waals surface area contributed by atoms with Crippen molar-refractivity contribution in [2.24, 2.45) is 0 Å². The van der Waals surface area contributed by atoms with Crippen LogP contribution in [0.1, 0.15) is 44.9 Å². The first-order chi connectivity index (χ1) is 12.5. The molecule has 0 bridgehead atoms. The molecule has 1 aliphatic rings. The first kappa shape index (κ1) is 19.2. The Morgan fingerprint density at radius 3 is 2.62 bits per heavy atom. The van der Waals surface area contributed by atoms with Crippen LogP contribution in [0.5, 0.6) is 0 Å². The molecule has 0 spiro atoms. The van der Waals surface area contributed by atoms with Gasteiger partial charge in [-0.05, 0) is 12.8 Å². The Labute approximate surface area is 152 Å². The van der Waals surface area contributed by atoms with Crippen LogP contribution in [-0.4, -0.2) is 48.3 Å². The van der Waals surface area contributed by atoms with Crippen LogP contribution in [0.15, 0.2) is 12.7 Å². The normalized spacial score (nSPS) is 17.2. The first-order valence-electron chi connectivity index (χ1n) is 9.07. The molecule has 3 rings (SSSR count). The monoisotopic (exact) mass is 383 g/mol. The summed E-state index contributed by atoms with van der Waals surface area (Å²) in [6.45, 7) is 0.586. The molecule has 0 atom stereocenters. The lowest BCUT2D eigenvalue weighted by Crippen LogP contribution is -2.21. The van der Waals surface area contributed by atoms with Crippen LogP contribution in [0.2, 0.25) is 0 Å². The van der Waals surface area contributed by atoms with E-state index in [2.05, 4.69) is 20.3 Å². The van der Waals surface area contributed by atoms with Crippen molar-refractivity contribution in [2.75, 3.05) is 18.3 Å². The topological polar surface area (TPSA) is 122 Å². The van der Waals surface area contributed by atoms with Gasteiger partial charge in [0.25, 0.3) is 0 Å². The van der Waals surface area contributed by atoms with Crippen LogP contribution in [0.3, 0.4) is 0 Å². The van der Waals surface area contributed by atoms with Gasteiger partial charge in [0.2, 0.25) is 0 Å². The SMILES string of the molecule is O=P(O)(O)COCCn1cnc2c(NC3CCCCCCC3)ncnc21. The largest absolute Gasteiger partial charge is 0.367 e. The Kier molecular flexibility index (Phi) is 6.58. The zero-order valence-electron chi connectivity index (χ0n) is 14.8. The quantitative estimate of drug-likeness (QED) is 0.492. The summed E-state index contributed by atoms with van der Waals surface area (Å²) in [5.74, 6) is 0.746. The maximum Gasteiger partial charge on any atom is 0.350 e. The molecule has 0 aromatic carbocycles. The first-order valence-corrected chi connectivity index (χ1v) is 10.9. The lowest BCUT2D eigenvalue weighted by molar-refractivity contribution is 0.149. The highest BCUT2D eigenvalue weighted by Crippen LogP contribution is 2.33. The summed E-state index contributed by atoms with van der Waals surface area (Å²) in [6.07, 6.45) is 11.3. The average Bonchev–Trinajstić information content (AvgIpc) is 2.97. The smallest absolute Gasteiger partial charge is 0.350 e. The molecule has 144 valence electrons. The Hall–Kier alpha value is -1.54. The van der Waals surface area contributed by atoms with E-state index in [0.29, 0.717) is 23.8 Å². The molecule has 10 heteroatoms. The van der Waals surface area contributed by atoms with E-state index < -0.39 is 13.9 Å². The maximum atomic E-state index is 10.8. The van der Waals surface area contributed by atoms with Gasteiger partial charge in [-0.25, -0.2) is 15.0 Å². The summed E-state index contributed by atoms with van der Waals surface area (Å²) >= 11 is 0. The van der Waals surface area contributed by atoms with Crippen LogP contribution < -0.4 is 5.32 Å². The number of aromatic nitrogens is 4. The van der Waals surface area contributed by atoms with Gasteiger partial charge < -0.3 is 24.4 Å². The molecule has 2 aromatic heterocycles. The second-order valence-electron chi connectivity index (χ2n) is 6.72. The zero-order valence-corrected chi connectivity index (χ0v) is 15.6. The van der Waals surface area contributed by atoms with Gasteiger partial charge in [-0.1, -0.05) is 32.1 Å². The van der Waals surface area contributed by atoms with Crippen molar-refractivity contribution < 1.29 is 19.1 Å². The second-order valence-corrected chi connectivity index (χ2v) is 8.31. The van der Waals surface area contributed by atoms with Crippen molar-refractivity contribution in [2.45, 2.75) is 57.5 Å². The number of fused-ring (bicyclic) bond motifs is 1. The molecule has 2 aromatic rings. The minimum atomic E-state index is -4.14. The number of hydrogen-bond acceptors (Lipinski definition) is 6. The molecular formula is C16H26N5O4P. The predicted molar refractivity (Wildman–Crippen MR) is 97.9 cm³/mol. The molecule has 0 unspecified atom stereocenters. The predicted octanol–water partition coefficient (Wildman–Crippen LogP) is 2.50. The third-order valence-electron chi connectivity index (χ3n) is 4.58. The van der Waals surface area contributed by atoms with Crippen molar-refractivity contribution in [3.8, 4) is 0 Å². The van der Waals surface area contributed by atoms with E-state index in [-0.39, 0.29) is 6.61 Å². The summed E-state index contributed by atoms with van der Waals surface area (Å²) in [4.78, 5) is 30.7. The highest BCUT2D eigenvalue weighted by molar-refractivity contribution is 7.51. The van der Waals surface area contributed by atoms with Crippen molar-refractivity contribution in [1.29, 1.82) is 0 Å². The minimum Gasteiger partial charge on any atom is -0.367 e. The number of imidazole rings is 1. The standard InChI is InChI=1S/C16H26N5O4P/c22-26(23,24)12-25-9-8-21-11-19-14-15(17-10-18-16(14)21)20-13-6-4-2-1-3-5-7-13/h10-11,13H,1-9,12H2,(H,17,18,20)(H2,22,23,24). The fourth-order valence-electron chi connectivity index (χ4n) is 3.29. The van der Waals surface area contributed by atoms with Gasteiger partial charge in [-0.2, -0.15) is 0 Å². The number of nitrogens with zero attached hydrogens (tertiary/aromatic N) is 4. The second kappa shape index (κ2) is 8.90. The number of hydrogen-bond donors (Lipinski definition) is 3. The van der Waals surface area contributed by atoms with E-state index in [4.69, 9.17) is 14.5 Å². The number of ether oxygens (including phenoxy) is 1. The molecule has 9 nitrogen and oxygen atoms in total. The van der Waals surface area contributed by atoms with Crippen molar-refractivity contribution in [3.63, 3.8) is 0 Å². The molecular weight excluding hydrogens is 357 g/mol. The van der Waals surface area contributed by atoms with Crippen LogP contribution in [0.4, 0.5) is 5.82 Å². The third-order valence-corrected chi connectivity index (χ3v) is 5.10. The zero-order chi connectivity index (χ0) is 18.4. The van der Waals surface area contributed by atoms with Gasteiger partial charge in [0, 0.05) is 12.6 Å². The molecule has 0 aliphatic heterocycles. The lowest BCUT2D eigenvalue weighted by Gasteiger charge is -2.21. The highest BCUT2D eigenvalue weighted by Gasteiger charge is 2.16. The van der Waals surface area contributed by atoms with E-state index >= 15 is 0 Å². The fourth-order valence-corrected chi connectivity index (χ4v) is 3.66. The summed E-state index contributed by atoms with van der Waals surface area (Å²) in [6, 6.07) is 0.408. The minimum absolute atomic E-state index is 0.173. The maximum absolute atomic E-state index is 10.8. The summed E-state index contributed by atoms with van der Waals surface area (Å²) in [7, 11) is -4.14. The molecule has 26 heavy (non-hydrogen) atoms. The Bertz CT molecular complexity index is 754. The third kappa shape index (κ3) is 5.48. The molecule has 0 radical (unpaired) electrons. The summed E-state index contributed by atoms with van der Waals surface area (Å²) < 4.78 is 17.6. The van der Waals surface area contributed by atoms with Crippen LogP contribution in [0.25, 0.3) is 11.2 Å². The van der Waals surface area contributed by atoms with Crippen LogP contribution in [0, 0.1) is 0 Å². The van der Waals surface area contributed by atoms with E-state index in [9.17, 15) is 4.57 Å². The van der Waals surface area contributed by atoms with Crippen LogP contribution in [-0.2, 0) is 15.8 Å². The highest BCUT2D eigenvalue weighted by atomic mass is 31.2. The van der Waals surface area contributed by atoms with Gasteiger partial charge in [-0.3, -0.25) is 4.57 Å². The van der Waals surface area contributed by atoms with Crippen molar-refractivity contribution >= 4 is 24.6 Å². The van der Waals surface area contributed by atoms with Gasteiger partial charge >= 0.3 is 7.60 Å². The average molecular weight is 383 g/mol. The molecule has 1 saturated carbocycles. The van der Waals surface area contributed by atoms with E-state index in [0.717, 1.165) is 18.7 Å². The van der Waals surface area contributed by atoms with Gasteiger partial charge in [0.1, 0.15) is 18.2 Å². The molecule has 3 N–H and O–H groups in total. The summed E-state index contributed by atoms with van der Waals surface area (Å²) in [5, 5.41) is 3.53. The Morgan fingerprint density at radius 1 is 1.15 bits per heavy atom. The fraction of sp³-hybridized carbons (Fsp3) is 0.688. The summed E-state index contributed by atoms with van der Waals surface area (Å²) in [5.41, 5.74) is 1.40. The van der Waals surface area contributed by atoms with Crippen molar-refractivity contribution in [1.82, 2.24) is 19.5 Å². The lowest BCUT2D eigenvalue weighted by atomic mass is 9.97. The van der Waals surface area contributed by atoms with E-state index in [1.54, 1.807) is 10.9 Å². The Balaban J connectivity index is 1.65. The molecule has 0 amide bonds. The number of nitrogens with one attached hydrogen (secondary N) is 1. The molecule has 2 heterocycles. The molecule has 1 fully saturated rings. The van der Waals surface area contributed by atoms with E-state index in [1.807, 2.05) is 0 Å². The van der Waals surface area contributed by atoms with Crippen LogP contribution >= 0.6 is 7.60 Å². The molecule has 0 saturated heterocycles. The number of rotatable bonds is 7. The molecule has 1 aliphatic carbocycles. The number of anilines is 1. The van der Waals surface area contributed by atoms with Crippen molar-refractivity contribution in [3.05, 3.63) is 12.7 Å². The van der Waals surface area contributed by atoms with Gasteiger partial charge in [-0.15, -0.1) is 0 Å². The van der Waals surface area contributed by atoms with E-state index in [1.165, 1.54) is 38.4 Å². The van der Waals surface area contributed by atoms with Gasteiger partial charge in [0.15, 0.2) is 11.5 Å². The van der Waals surface area contributed by atoms with Gasteiger partial charge in [0.05, 0.1) is 12.9 Å². The Morgan fingerprint density at radius 2 is 1.88 bits per heavy atom.